The van der Waals surface area contributed by atoms with Crippen LogP contribution in [0.5, 0.6) is 0 Å². The normalized spacial score (nSPS) is 11.7. The molecule has 0 radical (unpaired) electrons. The number of carbonyl (C=O) groups is 1. The van der Waals surface area contributed by atoms with E-state index in [-0.39, 0.29) is 18.2 Å². The SMILES string of the molecule is CCCn1c(SCC(=O)O)nnc1N(CC)CC(F)(F)F. The Morgan fingerprint density at radius 2 is 2.05 bits per heavy atom. The fraction of sp³-hybridized carbons (Fsp3) is 0.727. The Morgan fingerprint density at radius 1 is 1.38 bits per heavy atom. The average Bonchev–Trinajstić information content (AvgIpc) is 2.76. The number of nitrogens with zero attached hydrogens (tertiary/aromatic N) is 4. The van der Waals surface area contributed by atoms with Crippen LogP contribution in [0.2, 0.25) is 0 Å². The summed E-state index contributed by atoms with van der Waals surface area (Å²) in [5, 5.41) is 16.6. The van der Waals surface area contributed by atoms with Crippen molar-refractivity contribution in [1.82, 2.24) is 14.8 Å². The second-order valence-corrected chi connectivity index (χ2v) is 5.19. The molecule has 0 aliphatic carbocycles. The van der Waals surface area contributed by atoms with Gasteiger partial charge in [0.05, 0.1) is 5.75 Å². The van der Waals surface area contributed by atoms with E-state index in [1.165, 1.54) is 4.57 Å². The Balaban J connectivity index is 3.01. The van der Waals surface area contributed by atoms with E-state index in [2.05, 4.69) is 10.2 Å². The molecule has 0 amide bonds. The number of alkyl halides is 3. The second-order valence-electron chi connectivity index (χ2n) is 4.25. The molecule has 0 fully saturated rings. The monoisotopic (exact) mass is 326 g/mol. The Labute approximate surface area is 124 Å². The van der Waals surface area contributed by atoms with Gasteiger partial charge in [-0.15, -0.1) is 10.2 Å². The van der Waals surface area contributed by atoms with Gasteiger partial charge in [-0.1, -0.05) is 18.7 Å². The minimum atomic E-state index is -4.34. The molecule has 120 valence electrons. The molecule has 0 aromatic carbocycles. The van der Waals surface area contributed by atoms with E-state index in [4.69, 9.17) is 5.11 Å². The summed E-state index contributed by atoms with van der Waals surface area (Å²) in [6.45, 7) is 2.91. The lowest BCUT2D eigenvalue weighted by Crippen LogP contribution is -2.36. The quantitative estimate of drug-likeness (QED) is 0.739. The van der Waals surface area contributed by atoms with Crippen molar-refractivity contribution in [3.8, 4) is 0 Å². The summed E-state index contributed by atoms with van der Waals surface area (Å²) >= 11 is 0.944. The molecule has 1 rings (SSSR count). The molecular formula is C11H17F3N4O2S. The van der Waals surface area contributed by atoms with Crippen molar-refractivity contribution in [1.29, 1.82) is 0 Å². The number of halogens is 3. The molecule has 1 heterocycles. The van der Waals surface area contributed by atoms with Crippen molar-refractivity contribution in [3.05, 3.63) is 0 Å². The van der Waals surface area contributed by atoms with E-state index in [0.29, 0.717) is 18.1 Å². The maximum Gasteiger partial charge on any atom is 0.406 e. The lowest BCUT2D eigenvalue weighted by atomic mass is 10.4. The molecule has 6 nitrogen and oxygen atoms in total. The van der Waals surface area contributed by atoms with Crippen molar-refractivity contribution in [2.24, 2.45) is 0 Å². The molecule has 10 heteroatoms. The minimum Gasteiger partial charge on any atom is -0.481 e. The summed E-state index contributed by atoms with van der Waals surface area (Å²) < 4.78 is 39.3. The Hall–Kier alpha value is -1.45. The number of hydrogen-bond acceptors (Lipinski definition) is 5. The first-order chi connectivity index (χ1) is 9.78. The van der Waals surface area contributed by atoms with Crippen LogP contribution in [0.25, 0.3) is 0 Å². The molecule has 0 saturated carbocycles. The number of carboxylic acids is 1. The third kappa shape index (κ3) is 5.44. The molecule has 0 aliphatic heterocycles. The third-order valence-electron chi connectivity index (χ3n) is 2.50. The smallest absolute Gasteiger partial charge is 0.406 e. The van der Waals surface area contributed by atoms with Crippen molar-refractivity contribution in [2.75, 3.05) is 23.7 Å². The standard InChI is InChI=1S/C11H17F3N4O2S/c1-3-5-18-9(17(4-2)7-11(12,13)14)15-16-10(18)21-6-8(19)20/h3-7H2,1-2H3,(H,19,20). The van der Waals surface area contributed by atoms with Gasteiger partial charge < -0.3 is 10.0 Å². The summed E-state index contributed by atoms with van der Waals surface area (Å²) in [6.07, 6.45) is -3.66. The van der Waals surface area contributed by atoms with E-state index >= 15 is 0 Å². The summed E-state index contributed by atoms with van der Waals surface area (Å²) in [7, 11) is 0. The average molecular weight is 326 g/mol. The first-order valence-corrected chi connectivity index (χ1v) is 7.36. The number of aliphatic carboxylic acids is 1. The fourth-order valence-electron chi connectivity index (χ4n) is 1.71. The highest BCUT2D eigenvalue weighted by molar-refractivity contribution is 7.99. The molecule has 0 saturated heterocycles. The van der Waals surface area contributed by atoms with Crippen molar-refractivity contribution in [2.45, 2.75) is 38.1 Å². The molecule has 1 aromatic rings. The van der Waals surface area contributed by atoms with E-state index in [9.17, 15) is 18.0 Å². The number of anilines is 1. The maximum absolute atomic E-state index is 12.6. The molecule has 0 atom stereocenters. The van der Waals surface area contributed by atoms with Gasteiger partial charge in [-0.25, -0.2) is 0 Å². The van der Waals surface area contributed by atoms with Crippen molar-refractivity contribution < 1.29 is 23.1 Å². The van der Waals surface area contributed by atoms with Gasteiger partial charge >= 0.3 is 12.1 Å². The van der Waals surface area contributed by atoms with E-state index < -0.39 is 18.7 Å². The van der Waals surface area contributed by atoms with E-state index in [0.717, 1.165) is 16.7 Å². The van der Waals surface area contributed by atoms with Crippen LogP contribution in [0.15, 0.2) is 5.16 Å². The lowest BCUT2D eigenvalue weighted by molar-refractivity contribution is -0.134. The summed E-state index contributed by atoms with van der Waals surface area (Å²) in [4.78, 5) is 11.7. The Morgan fingerprint density at radius 3 is 2.52 bits per heavy atom. The summed E-state index contributed by atoms with van der Waals surface area (Å²) in [6, 6.07) is 0. The van der Waals surface area contributed by atoms with Crippen molar-refractivity contribution >= 4 is 23.7 Å². The summed E-state index contributed by atoms with van der Waals surface area (Å²) in [5.41, 5.74) is 0. The molecule has 1 aromatic heterocycles. The lowest BCUT2D eigenvalue weighted by Gasteiger charge is -2.23. The second kappa shape index (κ2) is 7.53. The third-order valence-corrected chi connectivity index (χ3v) is 3.46. The fourth-order valence-corrected chi connectivity index (χ4v) is 2.39. The Kier molecular flexibility index (Phi) is 6.31. The number of carboxylic acid groups (broad SMARTS) is 1. The van der Waals surface area contributed by atoms with Gasteiger partial charge in [-0.05, 0) is 13.3 Å². The number of thioether (sulfide) groups is 1. The van der Waals surface area contributed by atoms with Crippen LogP contribution in [0.4, 0.5) is 19.1 Å². The molecule has 21 heavy (non-hydrogen) atoms. The minimum absolute atomic E-state index is 0.115. The number of hydrogen-bond donors (Lipinski definition) is 1. The van der Waals surface area contributed by atoms with Gasteiger partial charge in [0.25, 0.3) is 0 Å². The van der Waals surface area contributed by atoms with E-state index in [1.54, 1.807) is 6.92 Å². The zero-order valence-electron chi connectivity index (χ0n) is 11.7. The first kappa shape index (κ1) is 17.6. The zero-order valence-corrected chi connectivity index (χ0v) is 12.5. The predicted molar refractivity (Wildman–Crippen MR) is 72.6 cm³/mol. The highest BCUT2D eigenvalue weighted by atomic mass is 32.2. The van der Waals surface area contributed by atoms with Gasteiger partial charge in [0.1, 0.15) is 6.54 Å². The van der Waals surface area contributed by atoms with Gasteiger partial charge in [0.15, 0.2) is 5.16 Å². The topological polar surface area (TPSA) is 71.2 Å². The van der Waals surface area contributed by atoms with Crippen LogP contribution in [0.1, 0.15) is 20.3 Å². The van der Waals surface area contributed by atoms with Crippen LogP contribution in [0, 0.1) is 0 Å². The maximum atomic E-state index is 12.6. The molecule has 1 N–H and O–H groups in total. The van der Waals surface area contributed by atoms with Gasteiger partial charge in [0, 0.05) is 13.1 Å². The highest BCUT2D eigenvalue weighted by Gasteiger charge is 2.32. The van der Waals surface area contributed by atoms with Gasteiger partial charge in [-0.3, -0.25) is 9.36 Å². The number of rotatable bonds is 8. The van der Waals surface area contributed by atoms with Crippen LogP contribution < -0.4 is 4.90 Å². The zero-order chi connectivity index (χ0) is 16.0. The molecule has 0 unspecified atom stereocenters. The van der Waals surface area contributed by atoms with Gasteiger partial charge in [-0.2, -0.15) is 13.2 Å². The summed E-state index contributed by atoms with van der Waals surface area (Å²) in [5.74, 6) is -1.12. The Bertz CT molecular complexity index is 479. The van der Waals surface area contributed by atoms with Gasteiger partial charge in [0.2, 0.25) is 5.95 Å². The van der Waals surface area contributed by atoms with Crippen LogP contribution in [-0.4, -0.2) is 50.9 Å². The predicted octanol–water partition coefficient (Wildman–Crippen LogP) is 2.25. The largest absolute Gasteiger partial charge is 0.481 e. The van der Waals surface area contributed by atoms with Crippen LogP contribution in [-0.2, 0) is 11.3 Å². The number of aromatic nitrogens is 3. The molecular weight excluding hydrogens is 309 g/mol. The highest BCUT2D eigenvalue weighted by Crippen LogP contribution is 2.25. The van der Waals surface area contributed by atoms with Crippen LogP contribution in [0.3, 0.4) is 0 Å². The molecule has 0 aliphatic rings. The van der Waals surface area contributed by atoms with Crippen LogP contribution >= 0.6 is 11.8 Å². The van der Waals surface area contributed by atoms with E-state index in [1.807, 2.05) is 6.92 Å². The van der Waals surface area contributed by atoms with Crippen molar-refractivity contribution in [3.63, 3.8) is 0 Å². The molecule has 0 spiro atoms. The first-order valence-electron chi connectivity index (χ1n) is 6.38. The molecule has 0 bridgehead atoms.